The van der Waals surface area contributed by atoms with Gasteiger partial charge in [0, 0.05) is 17.3 Å². The first-order chi connectivity index (χ1) is 21.8. The normalized spacial score (nSPS) is 11.2. The van der Waals surface area contributed by atoms with Crippen LogP contribution in [0.2, 0.25) is 0 Å². The Morgan fingerprint density at radius 3 is 1.02 bits per heavy atom. The van der Waals surface area contributed by atoms with Crippen LogP contribution < -0.4 is 0 Å². The van der Waals surface area contributed by atoms with E-state index in [0.717, 1.165) is 16.8 Å². The summed E-state index contributed by atoms with van der Waals surface area (Å²) in [5.41, 5.74) is 11.8. The lowest BCUT2D eigenvalue weighted by molar-refractivity contribution is 1.33. The molecule has 0 spiro atoms. The van der Waals surface area contributed by atoms with Gasteiger partial charge < -0.3 is 0 Å². The largest absolute Gasteiger partial charge is 0.256 e. The molecule has 0 fully saturated rings. The molecule has 206 valence electrons. The molecule has 0 aliphatic rings. The first-order valence-electron chi connectivity index (χ1n) is 15.0. The summed E-state index contributed by atoms with van der Waals surface area (Å²) in [5, 5.41) is 4.95. The van der Waals surface area contributed by atoms with Gasteiger partial charge in [-0.25, -0.2) is 0 Å². The van der Waals surface area contributed by atoms with Crippen LogP contribution in [-0.2, 0) is 0 Å². The summed E-state index contributed by atoms with van der Waals surface area (Å²) in [5.74, 6) is 0. The minimum Gasteiger partial charge on any atom is -0.256 e. The third-order valence-corrected chi connectivity index (χ3v) is 8.55. The number of pyridine rings is 1. The van der Waals surface area contributed by atoms with Gasteiger partial charge in [0.2, 0.25) is 0 Å². The number of benzene rings is 7. The molecule has 1 aromatic heterocycles. The zero-order valence-corrected chi connectivity index (χ0v) is 24.2. The quantitative estimate of drug-likeness (QED) is 0.191. The van der Waals surface area contributed by atoms with Gasteiger partial charge in [-0.2, -0.15) is 0 Å². The molecule has 1 heteroatoms. The van der Waals surface area contributed by atoms with E-state index in [1.165, 1.54) is 60.5 Å². The van der Waals surface area contributed by atoms with Crippen molar-refractivity contribution in [1.29, 1.82) is 0 Å². The number of hydrogen-bond donors (Lipinski definition) is 0. The van der Waals surface area contributed by atoms with Gasteiger partial charge in [-0.15, -0.1) is 0 Å². The van der Waals surface area contributed by atoms with Crippen molar-refractivity contribution in [2.24, 2.45) is 0 Å². The first-order valence-corrected chi connectivity index (χ1v) is 15.0. The predicted molar refractivity (Wildman–Crippen MR) is 186 cm³/mol. The van der Waals surface area contributed by atoms with Crippen LogP contribution in [0.4, 0.5) is 0 Å². The Morgan fingerprint density at radius 2 is 0.591 bits per heavy atom. The Bertz CT molecular complexity index is 2160. The fourth-order valence-corrected chi connectivity index (χ4v) is 6.39. The summed E-state index contributed by atoms with van der Waals surface area (Å²) in [6.45, 7) is 0. The van der Waals surface area contributed by atoms with E-state index in [2.05, 4.69) is 164 Å². The highest BCUT2D eigenvalue weighted by Crippen LogP contribution is 2.44. The fourth-order valence-electron chi connectivity index (χ4n) is 6.39. The van der Waals surface area contributed by atoms with Crippen LogP contribution >= 0.6 is 0 Å². The van der Waals surface area contributed by atoms with E-state index in [1.54, 1.807) is 0 Å². The molecule has 0 N–H and O–H groups in total. The molecule has 7 aromatic carbocycles. The van der Waals surface area contributed by atoms with Crippen molar-refractivity contribution < 1.29 is 0 Å². The summed E-state index contributed by atoms with van der Waals surface area (Å²) >= 11 is 0. The maximum absolute atomic E-state index is 4.88. The lowest BCUT2D eigenvalue weighted by atomic mass is 9.86. The molecule has 0 radical (unpaired) electrons. The molecule has 0 unspecified atom stereocenters. The Labute approximate surface area is 257 Å². The second-order valence-corrected chi connectivity index (χ2v) is 11.2. The number of hydrogen-bond acceptors (Lipinski definition) is 1. The van der Waals surface area contributed by atoms with Gasteiger partial charge in [0.15, 0.2) is 0 Å². The van der Waals surface area contributed by atoms with Crippen molar-refractivity contribution in [2.45, 2.75) is 0 Å². The second kappa shape index (κ2) is 11.1. The van der Waals surface area contributed by atoms with Gasteiger partial charge in [-0.1, -0.05) is 164 Å². The molecule has 0 saturated heterocycles. The average molecular weight is 560 g/mol. The van der Waals surface area contributed by atoms with Gasteiger partial charge in [0.25, 0.3) is 0 Å². The molecular weight excluding hydrogens is 530 g/mol. The summed E-state index contributed by atoms with van der Waals surface area (Å²) in [6, 6.07) is 60.7. The molecule has 8 rings (SSSR count). The van der Waals surface area contributed by atoms with Gasteiger partial charge in [0.05, 0.1) is 5.69 Å². The van der Waals surface area contributed by atoms with Gasteiger partial charge >= 0.3 is 0 Å². The molecule has 0 saturated carbocycles. The van der Waals surface area contributed by atoms with Crippen molar-refractivity contribution in [3.05, 3.63) is 176 Å². The molecule has 0 atom stereocenters. The Morgan fingerprint density at radius 1 is 0.250 bits per heavy atom. The lowest BCUT2D eigenvalue weighted by Crippen LogP contribution is -1.92. The summed E-state index contributed by atoms with van der Waals surface area (Å²) in [6.07, 6.45) is 2.02. The fraction of sp³-hybridized carbons (Fsp3) is 0. The summed E-state index contributed by atoms with van der Waals surface area (Å²) in [7, 11) is 0. The van der Waals surface area contributed by atoms with E-state index < -0.39 is 0 Å². The number of aromatic nitrogens is 1. The molecule has 8 aromatic rings. The zero-order valence-electron chi connectivity index (χ0n) is 24.2. The first kappa shape index (κ1) is 25.9. The van der Waals surface area contributed by atoms with Crippen molar-refractivity contribution in [2.75, 3.05) is 0 Å². The van der Waals surface area contributed by atoms with Crippen LogP contribution in [0.15, 0.2) is 176 Å². The van der Waals surface area contributed by atoms with Crippen LogP contribution in [0.5, 0.6) is 0 Å². The Kier molecular flexibility index (Phi) is 6.55. The molecule has 1 nitrogen and oxygen atoms in total. The third kappa shape index (κ3) is 4.65. The van der Waals surface area contributed by atoms with Crippen molar-refractivity contribution >= 4 is 21.5 Å². The molecule has 0 aliphatic heterocycles. The predicted octanol–water partition coefficient (Wildman–Crippen LogP) is 11.7. The van der Waals surface area contributed by atoms with Crippen LogP contribution in [-0.4, -0.2) is 4.98 Å². The van der Waals surface area contributed by atoms with Crippen molar-refractivity contribution in [3.8, 4) is 55.8 Å². The average Bonchev–Trinajstić information content (AvgIpc) is 3.11. The van der Waals surface area contributed by atoms with E-state index in [4.69, 9.17) is 4.98 Å². The standard InChI is InChI=1S/C43H29N/c1-3-11-30(12-4-1)31-19-21-32(22-20-31)33-23-25-35(26-24-33)42-37-15-7-9-17-39(37)43(40-18-10-8-16-38(40)42)36-27-28-41(44-29-36)34-13-5-2-6-14-34/h1-29H. The van der Waals surface area contributed by atoms with E-state index in [0.29, 0.717) is 0 Å². The van der Waals surface area contributed by atoms with E-state index in [-0.39, 0.29) is 0 Å². The molecule has 0 amide bonds. The minimum atomic E-state index is 0.981. The van der Waals surface area contributed by atoms with E-state index in [1.807, 2.05) is 12.3 Å². The molecule has 0 aliphatic carbocycles. The lowest BCUT2D eigenvalue weighted by Gasteiger charge is -2.18. The highest BCUT2D eigenvalue weighted by atomic mass is 14.7. The van der Waals surface area contributed by atoms with Crippen LogP contribution in [0, 0.1) is 0 Å². The van der Waals surface area contributed by atoms with Crippen LogP contribution in [0.1, 0.15) is 0 Å². The maximum Gasteiger partial charge on any atom is 0.0702 e. The topological polar surface area (TPSA) is 12.9 Å². The molecule has 1 heterocycles. The summed E-state index contributed by atoms with van der Waals surface area (Å²) in [4.78, 5) is 4.88. The monoisotopic (exact) mass is 559 g/mol. The molecule has 0 bridgehead atoms. The Hall–Kier alpha value is -5.79. The van der Waals surface area contributed by atoms with Crippen LogP contribution in [0.3, 0.4) is 0 Å². The van der Waals surface area contributed by atoms with Gasteiger partial charge in [-0.05, 0) is 66.6 Å². The highest BCUT2D eigenvalue weighted by molar-refractivity contribution is 6.21. The SMILES string of the molecule is c1ccc(-c2ccc(-c3ccc(-c4c5ccccc5c(-c5ccc(-c6ccccc6)nc5)c5ccccc45)cc3)cc2)cc1. The molecule has 44 heavy (non-hydrogen) atoms. The number of fused-ring (bicyclic) bond motifs is 2. The summed E-state index contributed by atoms with van der Waals surface area (Å²) < 4.78 is 0. The van der Waals surface area contributed by atoms with Crippen LogP contribution in [0.25, 0.3) is 77.3 Å². The van der Waals surface area contributed by atoms with Crippen molar-refractivity contribution in [1.82, 2.24) is 4.98 Å². The number of rotatable bonds is 5. The van der Waals surface area contributed by atoms with Gasteiger partial charge in [0.1, 0.15) is 0 Å². The highest BCUT2D eigenvalue weighted by Gasteiger charge is 2.17. The van der Waals surface area contributed by atoms with Crippen molar-refractivity contribution in [3.63, 3.8) is 0 Å². The zero-order chi connectivity index (χ0) is 29.3. The third-order valence-electron chi connectivity index (χ3n) is 8.55. The maximum atomic E-state index is 4.88. The van der Waals surface area contributed by atoms with Gasteiger partial charge in [-0.3, -0.25) is 4.98 Å². The Balaban J connectivity index is 1.22. The van der Waals surface area contributed by atoms with E-state index in [9.17, 15) is 0 Å². The second-order valence-electron chi connectivity index (χ2n) is 11.2. The minimum absolute atomic E-state index is 0.981. The number of nitrogens with zero attached hydrogens (tertiary/aromatic N) is 1. The van der Waals surface area contributed by atoms with E-state index >= 15 is 0 Å². The smallest absolute Gasteiger partial charge is 0.0702 e. The molecular formula is C43H29N.